The van der Waals surface area contributed by atoms with Gasteiger partial charge in [0.05, 0.1) is 26.4 Å². The summed E-state index contributed by atoms with van der Waals surface area (Å²) in [4.78, 5) is 0. The van der Waals surface area contributed by atoms with Crippen LogP contribution in [0.15, 0.2) is 0 Å². The van der Waals surface area contributed by atoms with E-state index in [1.165, 1.54) is 0 Å². The Kier molecular flexibility index (Phi) is 15.2. The zero-order valence-electron chi connectivity index (χ0n) is 6.92. The van der Waals surface area contributed by atoms with Crippen LogP contribution < -0.4 is 17.6 Å². The van der Waals surface area contributed by atoms with Gasteiger partial charge in [-0.1, -0.05) is 0 Å². The fraction of sp³-hybridized carbons (Fsp3) is 1.00. The largest absolute Gasteiger partial charge is 0.378 e. The van der Waals surface area contributed by atoms with E-state index in [2.05, 4.69) is 0 Å². The quantitative estimate of drug-likeness (QED) is 0.424. The van der Waals surface area contributed by atoms with Crippen LogP contribution in [0.3, 0.4) is 0 Å². The van der Waals surface area contributed by atoms with E-state index in [0.717, 1.165) is 0 Å². The predicted molar refractivity (Wildman–Crippen MR) is 44.8 cm³/mol. The highest BCUT2D eigenvalue weighted by molar-refractivity contribution is 4.34. The van der Waals surface area contributed by atoms with Crippen LogP contribution in [-0.4, -0.2) is 39.5 Å². The van der Waals surface area contributed by atoms with Crippen molar-refractivity contribution in [3.05, 3.63) is 0 Å². The summed E-state index contributed by atoms with van der Waals surface area (Å²) in [5.74, 6) is 0. The molecule has 0 aromatic carbocycles. The molecule has 0 spiro atoms. The van der Waals surface area contributed by atoms with Gasteiger partial charge in [-0.3, -0.25) is 0 Å². The van der Waals surface area contributed by atoms with E-state index < -0.39 is 0 Å². The van der Waals surface area contributed by atoms with Gasteiger partial charge >= 0.3 is 0 Å². The first-order valence-corrected chi connectivity index (χ1v) is 3.47. The molecule has 0 radical (unpaired) electrons. The van der Waals surface area contributed by atoms with Gasteiger partial charge in [0, 0.05) is 13.1 Å². The van der Waals surface area contributed by atoms with Gasteiger partial charge in [0.1, 0.15) is 0 Å². The van der Waals surface area contributed by atoms with Crippen molar-refractivity contribution >= 4 is 0 Å². The molecule has 0 saturated heterocycles. The van der Waals surface area contributed by atoms with Crippen molar-refractivity contribution in [3.8, 4) is 0 Å². The smallest absolute Gasteiger partial charge is 0.0701 e. The maximum Gasteiger partial charge on any atom is 0.0701 e. The van der Waals surface area contributed by atoms with Crippen LogP contribution in [0, 0.1) is 0 Å². The molecule has 0 saturated carbocycles. The van der Waals surface area contributed by atoms with E-state index in [0.29, 0.717) is 39.5 Å². The number of hydrogen-bond donors (Lipinski definition) is 3. The SMILES string of the molecule is N.NCCOCCOCCN. The van der Waals surface area contributed by atoms with Crippen LogP contribution in [0.5, 0.6) is 0 Å². The van der Waals surface area contributed by atoms with Crippen LogP contribution in [0.4, 0.5) is 0 Å². The first kappa shape index (κ1) is 13.4. The zero-order valence-corrected chi connectivity index (χ0v) is 6.92. The molecule has 0 unspecified atom stereocenters. The monoisotopic (exact) mass is 165 g/mol. The van der Waals surface area contributed by atoms with E-state index in [4.69, 9.17) is 20.9 Å². The molecule has 5 nitrogen and oxygen atoms in total. The summed E-state index contributed by atoms with van der Waals surface area (Å²) in [6.07, 6.45) is 0. The number of hydrogen-bond acceptors (Lipinski definition) is 5. The highest BCUT2D eigenvalue weighted by Crippen LogP contribution is 1.75. The molecule has 0 rings (SSSR count). The Hall–Kier alpha value is -0.200. The third-order valence-corrected chi connectivity index (χ3v) is 0.896. The number of rotatable bonds is 7. The molecule has 0 bridgehead atoms. The molecule has 0 atom stereocenters. The Morgan fingerprint density at radius 2 is 1.09 bits per heavy atom. The number of ether oxygens (including phenoxy) is 2. The number of nitrogens with two attached hydrogens (primary N) is 2. The van der Waals surface area contributed by atoms with E-state index >= 15 is 0 Å². The summed E-state index contributed by atoms with van der Waals surface area (Å²) in [7, 11) is 0. The second-order valence-corrected chi connectivity index (χ2v) is 1.80. The van der Waals surface area contributed by atoms with Crippen LogP contribution >= 0.6 is 0 Å². The molecular formula is C6H19N3O2. The molecule has 0 heterocycles. The highest BCUT2D eigenvalue weighted by Gasteiger charge is 1.85. The van der Waals surface area contributed by atoms with Crippen molar-refractivity contribution < 1.29 is 9.47 Å². The van der Waals surface area contributed by atoms with Gasteiger partial charge in [0.25, 0.3) is 0 Å². The standard InChI is InChI=1S/C6H16N2O2.H3N/c7-1-3-9-5-6-10-4-2-8;/h1-8H2;1H3. The lowest BCUT2D eigenvalue weighted by molar-refractivity contribution is 0.0538. The van der Waals surface area contributed by atoms with Crippen molar-refractivity contribution in [3.63, 3.8) is 0 Å². The van der Waals surface area contributed by atoms with Gasteiger partial charge in [0.15, 0.2) is 0 Å². The first-order valence-electron chi connectivity index (χ1n) is 3.47. The topological polar surface area (TPSA) is 106 Å². The van der Waals surface area contributed by atoms with E-state index in [-0.39, 0.29) is 6.15 Å². The molecule has 0 amide bonds. The third kappa shape index (κ3) is 12.9. The lowest BCUT2D eigenvalue weighted by Crippen LogP contribution is -2.14. The van der Waals surface area contributed by atoms with Crippen LogP contribution in [0.2, 0.25) is 0 Å². The summed E-state index contributed by atoms with van der Waals surface area (Å²) >= 11 is 0. The van der Waals surface area contributed by atoms with Gasteiger partial charge in [0.2, 0.25) is 0 Å². The summed E-state index contributed by atoms with van der Waals surface area (Å²) in [6.45, 7) is 3.56. The first-order chi connectivity index (χ1) is 4.91. The lowest BCUT2D eigenvalue weighted by Gasteiger charge is -2.02. The van der Waals surface area contributed by atoms with E-state index in [9.17, 15) is 0 Å². The van der Waals surface area contributed by atoms with Crippen molar-refractivity contribution in [1.82, 2.24) is 6.15 Å². The lowest BCUT2D eigenvalue weighted by atomic mass is 10.7. The molecule has 5 heteroatoms. The van der Waals surface area contributed by atoms with Gasteiger partial charge in [-0.25, -0.2) is 0 Å². The minimum Gasteiger partial charge on any atom is -0.378 e. The van der Waals surface area contributed by atoms with Crippen molar-refractivity contribution in [2.75, 3.05) is 39.5 Å². The maximum atomic E-state index is 5.18. The van der Waals surface area contributed by atoms with Gasteiger partial charge in [-0.05, 0) is 0 Å². The second-order valence-electron chi connectivity index (χ2n) is 1.80. The van der Waals surface area contributed by atoms with E-state index in [1.807, 2.05) is 0 Å². The summed E-state index contributed by atoms with van der Waals surface area (Å²) in [5, 5.41) is 0. The average molecular weight is 165 g/mol. The maximum absolute atomic E-state index is 5.18. The molecule has 7 N–H and O–H groups in total. The predicted octanol–water partition coefficient (Wildman–Crippen LogP) is -0.901. The normalized spacial score (nSPS) is 9.27. The van der Waals surface area contributed by atoms with Crippen LogP contribution in [0.1, 0.15) is 0 Å². The molecule has 11 heavy (non-hydrogen) atoms. The minimum absolute atomic E-state index is 0. The highest BCUT2D eigenvalue weighted by atomic mass is 16.5. The third-order valence-electron chi connectivity index (χ3n) is 0.896. The molecule has 0 aliphatic carbocycles. The Labute approximate surface area is 67.6 Å². The molecular weight excluding hydrogens is 146 g/mol. The average Bonchev–Trinajstić information content (AvgIpc) is 1.97. The van der Waals surface area contributed by atoms with Crippen molar-refractivity contribution in [2.45, 2.75) is 0 Å². The molecule has 0 aliphatic rings. The summed E-state index contributed by atoms with van der Waals surface area (Å²) in [5.41, 5.74) is 10.4. The molecule has 0 aliphatic heterocycles. The van der Waals surface area contributed by atoms with Crippen LogP contribution in [-0.2, 0) is 9.47 Å². The summed E-state index contributed by atoms with van der Waals surface area (Å²) < 4.78 is 10.1. The summed E-state index contributed by atoms with van der Waals surface area (Å²) in [6, 6.07) is 0. The van der Waals surface area contributed by atoms with Crippen molar-refractivity contribution in [1.29, 1.82) is 0 Å². The second kappa shape index (κ2) is 12.5. The fourth-order valence-electron chi connectivity index (χ4n) is 0.489. The van der Waals surface area contributed by atoms with Crippen molar-refractivity contribution in [2.24, 2.45) is 11.5 Å². The minimum atomic E-state index is 0. The molecule has 0 aromatic heterocycles. The van der Waals surface area contributed by atoms with Gasteiger partial charge < -0.3 is 27.1 Å². The Morgan fingerprint density at radius 1 is 0.727 bits per heavy atom. The van der Waals surface area contributed by atoms with Crippen LogP contribution in [0.25, 0.3) is 0 Å². The zero-order chi connectivity index (χ0) is 7.66. The Balaban J connectivity index is 0. The van der Waals surface area contributed by atoms with E-state index in [1.54, 1.807) is 0 Å². The van der Waals surface area contributed by atoms with Gasteiger partial charge in [-0.15, -0.1) is 0 Å². The Morgan fingerprint density at radius 3 is 1.36 bits per heavy atom. The molecule has 0 aromatic rings. The van der Waals surface area contributed by atoms with Gasteiger partial charge in [-0.2, -0.15) is 0 Å². The molecule has 70 valence electrons. The Bertz CT molecular complexity index is 55.8. The fourth-order valence-corrected chi connectivity index (χ4v) is 0.489. The molecule has 0 fully saturated rings.